The van der Waals surface area contributed by atoms with E-state index in [1.807, 2.05) is 0 Å². The molecule has 1 radical (unpaired) electrons. The van der Waals surface area contributed by atoms with Crippen molar-refractivity contribution in [1.29, 1.82) is 0 Å². The second-order valence-corrected chi connectivity index (χ2v) is 13.7. The molecule has 3 saturated carbocycles. The zero-order valence-corrected chi connectivity index (χ0v) is 24.8. The van der Waals surface area contributed by atoms with Gasteiger partial charge in [0.2, 0.25) is 0 Å². The summed E-state index contributed by atoms with van der Waals surface area (Å²) < 4.78 is 36.6. The molecule has 0 spiro atoms. The molecule has 4 rings (SSSR count). The summed E-state index contributed by atoms with van der Waals surface area (Å²) in [5.41, 5.74) is 2.05. The van der Waals surface area contributed by atoms with Gasteiger partial charge in [0, 0.05) is 29.6 Å². The van der Waals surface area contributed by atoms with Gasteiger partial charge < -0.3 is 0 Å². The molecule has 0 unspecified atom stereocenters. The van der Waals surface area contributed by atoms with Crippen molar-refractivity contribution >= 4 is 40.0 Å². The van der Waals surface area contributed by atoms with E-state index >= 15 is 0 Å². The molecule has 4 aliphatic carbocycles. The van der Waals surface area contributed by atoms with E-state index in [1.165, 1.54) is 50.5 Å². The number of hydrogen-bond acceptors (Lipinski definition) is 3. The van der Waals surface area contributed by atoms with Gasteiger partial charge in [0.05, 0.1) is 6.10 Å². The van der Waals surface area contributed by atoms with E-state index in [9.17, 15) is 8.42 Å². The van der Waals surface area contributed by atoms with Crippen molar-refractivity contribution in [2.75, 3.05) is 0 Å². The van der Waals surface area contributed by atoms with Gasteiger partial charge in [-0.25, -0.2) is 4.18 Å². The zero-order chi connectivity index (χ0) is 23.3. The molecule has 33 heavy (non-hydrogen) atoms. The predicted molar refractivity (Wildman–Crippen MR) is 135 cm³/mol. The molecule has 0 amide bonds. The minimum Gasteiger partial charge on any atom is -0.264 e. The summed E-state index contributed by atoms with van der Waals surface area (Å²) in [6.45, 7) is 12.3. The van der Waals surface area contributed by atoms with Crippen LogP contribution in [0.5, 0.6) is 0 Å². The Morgan fingerprint density at radius 2 is 1.79 bits per heavy atom. The molecular formula is C27H46NaO4S. The van der Waals surface area contributed by atoms with Crippen LogP contribution in [-0.2, 0) is 14.6 Å². The van der Waals surface area contributed by atoms with Gasteiger partial charge in [-0.3, -0.25) is 4.55 Å². The van der Waals surface area contributed by atoms with E-state index in [2.05, 4.69) is 40.7 Å². The van der Waals surface area contributed by atoms with Crippen LogP contribution >= 0.6 is 0 Å². The first-order chi connectivity index (χ1) is 14.9. The van der Waals surface area contributed by atoms with E-state index in [0.29, 0.717) is 24.2 Å². The quantitative estimate of drug-likeness (QED) is 0.242. The summed E-state index contributed by atoms with van der Waals surface area (Å²) >= 11 is 0. The monoisotopic (exact) mass is 489 g/mol. The molecule has 4 nitrogen and oxygen atoms in total. The summed E-state index contributed by atoms with van der Waals surface area (Å²) in [7, 11) is -4.38. The Labute approximate surface area is 225 Å². The van der Waals surface area contributed by atoms with E-state index in [4.69, 9.17) is 8.74 Å². The van der Waals surface area contributed by atoms with Crippen LogP contribution in [-0.4, -0.2) is 48.6 Å². The summed E-state index contributed by atoms with van der Waals surface area (Å²) in [6, 6.07) is 0. The van der Waals surface area contributed by atoms with Crippen molar-refractivity contribution in [3.63, 3.8) is 0 Å². The summed E-state index contributed by atoms with van der Waals surface area (Å²) in [6.07, 6.45) is 15.1. The number of rotatable bonds is 7. The molecule has 0 aliphatic heterocycles. The van der Waals surface area contributed by atoms with Gasteiger partial charge in [0.25, 0.3) is 0 Å². The Morgan fingerprint density at radius 1 is 1.06 bits per heavy atom. The minimum atomic E-state index is -4.38. The predicted octanol–water partition coefficient (Wildman–Crippen LogP) is 6.84. The minimum absolute atomic E-state index is 0. The van der Waals surface area contributed by atoms with Crippen molar-refractivity contribution < 1.29 is 17.2 Å². The molecule has 0 bridgehead atoms. The first-order valence-electron chi connectivity index (χ1n) is 13.3. The maximum Gasteiger partial charge on any atom is 0.397 e. The van der Waals surface area contributed by atoms with E-state index in [-0.39, 0.29) is 35.0 Å². The number of hydrogen-bond donors (Lipinski definition) is 1. The molecule has 1 N–H and O–H groups in total. The first-order valence-corrected chi connectivity index (χ1v) is 14.7. The maximum absolute atomic E-state index is 11.2. The van der Waals surface area contributed by atoms with Gasteiger partial charge in [-0.2, -0.15) is 8.42 Å². The molecule has 0 heterocycles. The number of fused-ring (bicyclic) bond motifs is 5. The Bertz CT molecular complexity index is 824. The second-order valence-electron chi connectivity index (χ2n) is 12.7. The van der Waals surface area contributed by atoms with Crippen molar-refractivity contribution in [3.8, 4) is 0 Å². The molecule has 185 valence electrons. The molecule has 4 aliphatic rings. The van der Waals surface area contributed by atoms with Crippen molar-refractivity contribution in [2.45, 2.75) is 111 Å². The van der Waals surface area contributed by atoms with Crippen molar-refractivity contribution in [1.82, 2.24) is 0 Å². The van der Waals surface area contributed by atoms with Gasteiger partial charge in [-0.05, 0) is 97.7 Å². The molecule has 0 saturated heterocycles. The summed E-state index contributed by atoms with van der Waals surface area (Å²) in [4.78, 5) is 0. The molecule has 6 heteroatoms. The van der Waals surface area contributed by atoms with Crippen molar-refractivity contribution in [3.05, 3.63) is 11.6 Å². The van der Waals surface area contributed by atoms with Crippen molar-refractivity contribution in [2.24, 2.45) is 46.3 Å². The first kappa shape index (κ1) is 28.2. The molecule has 8 atom stereocenters. The summed E-state index contributed by atoms with van der Waals surface area (Å²) in [5, 5.41) is 0. The van der Waals surface area contributed by atoms with Gasteiger partial charge in [-0.1, -0.05) is 65.5 Å². The fourth-order valence-corrected chi connectivity index (χ4v) is 9.41. The van der Waals surface area contributed by atoms with E-state index < -0.39 is 16.5 Å². The van der Waals surface area contributed by atoms with Gasteiger partial charge in [-0.15, -0.1) is 0 Å². The van der Waals surface area contributed by atoms with Crippen LogP contribution < -0.4 is 0 Å². The molecular weight excluding hydrogens is 443 g/mol. The van der Waals surface area contributed by atoms with Crippen LogP contribution in [0.2, 0.25) is 0 Å². The molecule has 0 aromatic heterocycles. The van der Waals surface area contributed by atoms with Crippen LogP contribution in [0.25, 0.3) is 0 Å². The van der Waals surface area contributed by atoms with Crippen LogP contribution in [0.15, 0.2) is 11.6 Å². The van der Waals surface area contributed by atoms with Crippen LogP contribution in [0.3, 0.4) is 0 Å². The summed E-state index contributed by atoms with van der Waals surface area (Å²) in [5.74, 6) is 4.83. The topological polar surface area (TPSA) is 63.6 Å². The number of allylic oxidation sites excluding steroid dienone is 1. The smallest absolute Gasteiger partial charge is 0.264 e. The van der Waals surface area contributed by atoms with Gasteiger partial charge in [0.15, 0.2) is 0 Å². The van der Waals surface area contributed by atoms with Gasteiger partial charge >= 0.3 is 10.4 Å². The van der Waals surface area contributed by atoms with E-state index in [1.54, 1.807) is 0 Å². The molecule has 0 aromatic carbocycles. The Hall–Kier alpha value is 0.610. The van der Waals surface area contributed by atoms with Gasteiger partial charge in [0.1, 0.15) is 0 Å². The standard InChI is InChI=1S/C27H46O4S.Na/c1-18(2)7-6-8-19(3)23-11-12-24-22-10-9-20-17-21(31-32(28,29)30)13-15-26(20,4)25(22)14-16-27(23,24)5;/h9,18-19,21-25H,6-8,10-17H2,1-5H3,(H,28,29,30);/t19-,21+,22+,23-,24+,25+,26+,27-;/m1./s1. The maximum atomic E-state index is 11.2. The normalized spacial score (nSPS) is 41.4. The average Bonchev–Trinajstić information content (AvgIpc) is 3.04. The Morgan fingerprint density at radius 3 is 2.45 bits per heavy atom. The Kier molecular flexibility index (Phi) is 9.00. The van der Waals surface area contributed by atoms with Crippen LogP contribution in [0.1, 0.15) is 105 Å². The largest absolute Gasteiger partial charge is 0.397 e. The van der Waals surface area contributed by atoms with E-state index in [0.717, 1.165) is 42.4 Å². The third kappa shape index (κ3) is 5.64. The molecule has 3 fully saturated rings. The second kappa shape index (κ2) is 10.5. The Balaban J connectivity index is 0.00000306. The fraction of sp³-hybridized carbons (Fsp3) is 0.926. The van der Waals surface area contributed by atoms with Crippen LogP contribution in [0, 0.1) is 46.3 Å². The average molecular weight is 490 g/mol. The zero-order valence-electron chi connectivity index (χ0n) is 22.0. The van der Waals surface area contributed by atoms with Crippen LogP contribution in [0.4, 0.5) is 0 Å². The third-order valence-electron chi connectivity index (χ3n) is 10.5. The third-order valence-corrected chi connectivity index (χ3v) is 11.0. The fourth-order valence-electron chi connectivity index (χ4n) is 8.91. The SMILES string of the molecule is CC(C)CCC[C@@H](C)[C@H]1CC[C@H]2[C@@H]3CC=C4C[C@@H](OS(=O)(=O)O)CC[C@]4(C)[C@H]3CC[C@]12C.[Na]. The molecule has 0 aromatic rings.